The first kappa shape index (κ1) is 31.9. The molecule has 55 heavy (non-hydrogen) atoms. The van der Waals surface area contributed by atoms with Crippen LogP contribution in [0.2, 0.25) is 13.1 Å². The smallest absolute Gasteiger partial charge is 0.0620 e. The fourth-order valence-corrected chi connectivity index (χ4v) is 12.2. The second kappa shape index (κ2) is 12.2. The number of hydrogen-bond acceptors (Lipinski definition) is 0. The van der Waals surface area contributed by atoms with E-state index >= 15 is 0 Å². The van der Waals surface area contributed by atoms with Gasteiger partial charge in [-0.3, -0.25) is 0 Å². The summed E-state index contributed by atoms with van der Waals surface area (Å²) in [6.45, 7) is 5.01. The number of hydrogen-bond donors (Lipinski definition) is 0. The number of rotatable bonds is 5. The molecule has 0 amide bonds. The third kappa shape index (κ3) is 4.97. The lowest BCUT2D eigenvalue weighted by molar-refractivity contribution is 1.61. The van der Waals surface area contributed by atoms with Crippen molar-refractivity contribution in [2.75, 3.05) is 0 Å². The quantitative estimate of drug-likeness (QED) is 0.0946. The van der Waals surface area contributed by atoms with Gasteiger partial charge in [0.2, 0.25) is 0 Å². The molecule has 0 aliphatic rings. The SMILES string of the molecule is C[Si](C)(c1ccc(-c2cccc(-c3c4ccccc4c(-c4ccc5ccccc5c4)c4ccccc34)c2)cc1)c1ccc2ccc3cccc4ccc1c2c34. The van der Waals surface area contributed by atoms with Gasteiger partial charge in [0.05, 0.1) is 0 Å². The molecule has 11 aromatic rings. The molecule has 0 unspecified atom stereocenters. The molecule has 0 radical (unpaired) electrons. The fourth-order valence-electron chi connectivity index (χ4n) is 9.46. The van der Waals surface area contributed by atoms with Crippen LogP contribution in [0.3, 0.4) is 0 Å². The topological polar surface area (TPSA) is 0 Å². The van der Waals surface area contributed by atoms with Gasteiger partial charge in [-0.05, 0) is 115 Å². The summed E-state index contributed by atoms with van der Waals surface area (Å²) in [7, 11) is -2.05. The highest BCUT2D eigenvalue weighted by Gasteiger charge is 2.29. The van der Waals surface area contributed by atoms with E-state index in [1.54, 1.807) is 0 Å². The minimum absolute atomic E-state index is 1.23. The predicted octanol–water partition coefficient (Wildman–Crippen LogP) is 13.9. The number of benzene rings is 11. The summed E-state index contributed by atoms with van der Waals surface area (Å²) in [6.07, 6.45) is 0. The molecule has 0 fully saturated rings. The molecule has 0 atom stereocenters. The Morgan fingerprint density at radius 3 is 1.44 bits per heavy atom. The number of fused-ring (bicyclic) bond motifs is 3. The maximum absolute atomic E-state index is 2.51. The van der Waals surface area contributed by atoms with E-state index in [1.165, 1.54) is 108 Å². The molecular formula is C54H38Si. The van der Waals surface area contributed by atoms with E-state index in [0.29, 0.717) is 0 Å². The van der Waals surface area contributed by atoms with E-state index < -0.39 is 8.07 Å². The lowest BCUT2D eigenvalue weighted by Crippen LogP contribution is -2.53. The highest BCUT2D eigenvalue weighted by molar-refractivity contribution is 7.01. The van der Waals surface area contributed by atoms with Crippen molar-refractivity contribution >= 4 is 83.1 Å². The van der Waals surface area contributed by atoms with Gasteiger partial charge in [0.15, 0.2) is 0 Å². The van der Waals surface area contributed by atoms with Crippen LogP contribution in [0.15, 0.2) is 194 Å². The zero-order valence-corrected chi connectivity index (χ0v) is 32.0. The Kier molecular flexibility index (Phi) is 7.11. The van der Waals surface area contributed by atoms with Gasteiger partial charge in [-0.1, -0.05) is 200 Å². The molecule has 258 valence electrons. The van der Waals surface area contributed by atoms with Crippen molar-refractivity contribution in [2.24, 2.45) is 0 Å². The second-order valence-corrected chi connectivity index (χ2v) is 20.0. The third-order valence-electron chi connectivity index (χ3n) is 12.3. The van der Waals surface area contributed by atoms with Crippen molar-refractivity contribution in [1.29, 1.82) is 0 Å². The van der Waals surface area contributed by atoms with Gasteiger partial charge >= 0.3 is 0 Å². The lowest BCUT2D eigenvalue weighted by atomic mass is 9.85. The molecule has 0 heterocycles. The Hall–Kier alpha value is -6.54. The lowest BCUT2D eigenvalue weighted by Gasteiger charge is -2.27. The van der Waals surface area contributed by atoms with Crippen LogP contribution in [0.5, 0.6) is 0 Å². The summed E-state index contributed by atoms with van der Waals surface area (Å²) in [5.41, 5.74) is 7.55. The summed E-state index contributed by atoms with van der Waals surface area (Å²) in [5.74, 6) is 0. The van der Waals surface area contributed by atoms with Crippen molar-refractivity contribution in [1.82, 2.24) is 0 Å². The Balaban J connectivity index is 1.01. The Labute approximate surface area is 322 Å². The van der Waals surface area contributed by atoms with Crippen LogP contribution in [0, 0.1) is 0 Å². The Bertz CT molecular complexity index is 3200. The minimum atomic E-state index is -2.05. The van der Waals surface area contributed by atoms with E-state index in [0.717, 1.165) is 0 Å². The molecule has 11 rings (SSSR count). The maximum atomic E-state index is 2.51. The molecule has 11 aromatic carbocycles. The molecular weight excluding hydrogens is 677 g/mol. The van der Waals surface area contributed by atoms with Gasteiger partial charge in [0, 0.05) is 0 Å². The largest absolute Gasteiger partial charge is 0.113 e. The summed E-state index contributed by atoms with van der Waals surface area (Å²) in [4.78, 5) is 0. The van der Waals surface area contributed by atoms with Gasteiger partial charge in [-0.15, -0.1) is 0 Å². The molecule has 0 nitrogen and oxygen atoms in total. The van der Waals surface area contributed by atoms with E-state index in [-0.39, 0.29) is 0 Å². The standard InChI is InChI=1S/C54H38Si/c1-55(2,50-32-28-39-23-22-37-13-9-14-38-27-31-49(50)54(39)51(37)38)44-29-25-36(26-30-44)41-15-10-16-42(33-41)52-45-17-5-7-19-47(45)53(48-20-8-6-18-46(48)52)43-24-21-35-11-3-4-12-40(35)34-43/h3-34H,1-2H3. The summed E-state index contributed by atoms with van der Waals surface area (Å²) < 4.78 is 0. The van der Waals surface area contributed by atoms with Crippen LogP contribution < -0.4 is 10.4 Å². The normalized spacial score (nSPS) is 12.2. The highest BCUT2D eigenvalue weighted by atomic mass is 28.3. The van der Waals surface area contributed by atoms with Crippen LogP contribution in [0.4, 0.5) is 0 Å². The molecule has 0 saturated heterocycles. The Morgan fingerprint density at radius 2 is 0.764 bits per heavy atom. The molecule has 1 heteroatoms. The molecule has 0 aliphatic heterocycles. The first-order valence-corrected chi connectivity index (χ1v) is 22.3. The molecule has 0 bridgehead atoms. The predicted molar refractivity (Wildman–Crippen MR) is 242 cm³/mol. The van der Waals surface area contributed by atoms with Crippen LogP contribution in [0.1, 0.15) is 0 Å². The molecule has 0 aromatic heterocycles. The van der Waals surface area contributed by atoms with Gasteiger partial charge in [0.1, 0.15) is 8.07 Å². The van der Waals surface area contributed by atoms with E-state index in [4.69, 9.17) is 0 Å². The van der Waals surface area contributed by atoms with Crippen LogP contribution in [0.25, 0.3) is 98.0 Å². The molecule has 0 spiro atoms. The van der Waals surface area contributed by atoms with Gasteiger partial charge in [0.25, 0.3) is 0 Å². The van der Waals surface area contributed by atoms with Crippen LogP contribution >= 0.6 is 0 Å². The second-order valence-electron chi connectivity index (χ2n) is 15.7. The fraction of sp³-hybridized carbons (Fsp3) is 0.0370. The summed E-state index contributed by atoms with van der Waals surface area (Å²) in [6, 6.07) is 72.8. The van der Waals surface area contributed by atoms with Gasteiger partial charge in [-0.25, -0.2) is 0 Å². The summed E-state index contributed by atoms with van der Waals surface area (Å²) in [5, 5.41) is 18.8. The summed E-state index contributed by atoms with van der Waals surface area (Å²) >= 11 is 0. The minimum Gasteiger partial charge on any atom is -0.0620 e. The molecule has 0 N–H and O–H groups in total. The maximum Gasteiger partial charge on any atom is 0.113 e. The van der Waals surface area contributed by atoms with Crippen molar-refractivity contribution in [2.45, 2.75) is 13.1 Å². The van der Waals surface area contributed by atoms with Crippen LogP contribution in [-0.2, 0) is 0 Å². The van der Waals surface area contributed by atoms with E-state index in [1.807, 2.05) is 0 Å². The first-order valence-electron chi connectivity index (χ1n) is 19.3. The van der Waals surface area contributed by atoms with E-state index in [9.17, 15) is 0 Å². The Morgan fingerprint density at radius 1 is 0.291 bits per heavy atom. The third-order valence-corrected chi connectivity index (χ3v) is 15.8. The zero-order valence-electron chi connectivity index (χ0n) is 31.0. The highest BCUT2D eigenvalue weighted by Crippen LogP contribution is 2.44. The molecule has 0 saturated carbocycles. The van der Waals surface area contributed by atoms with Crippen molar-refractivity contribution in [3.8, 4) is 33.4 Å². The van der Waals surface area contributed by atoms with Crippen molar-refractivity contribution in [3.05, 3.63) is 194 Å². The van der Waals surface area contributed by atoms with Gasteiger partial charge < -0.3 is 0 Å². The van der Waals surface area contributed by atoms with Crippen molar-refractivity contribution < 1.29 is 0 Å². The molecule has 0 aliphatic carbocycles. The average Bonchev–Trinajstić information content (AvgIpc) is 3.24. The van der Waals surface area contributed by atoms with E-state index in [2.05, 4.69) is 207 Å². The zero-order chi connectivity index (χ0) is 36.7. The first-order chi connectivity index (χ1) is 27.0. The average molecular weight is 715 g/mol. The van der Waals surface area contributed by atoms with Crippen molar-refractivity contribution in [3.63, 3.8) is 0 Å². The van der Waals surface area contributed by atoms with Gasteiger partial charge in [-0.2, -0.15) is 0 Å². The monoisotopic (exact) mass is 714 g/mol. The van der Waals surface area contributed by atoms with Crippen LogP contribution in [-0.4, -0.2) is 8.07 Å².